The molecular formula is C16H21N3O2. The summed E-state index contributed by atoms with van der Waals surface area (Å²) in [6.45, 7) is 5.44. The van der Waals surface area contributed by atoms with E-state index in [1.54, 1.807) is 0 Å². The molecule has 1 unspecified atom stereocenters. The number of para-hydroxylation sites is 1. The summed E-state index contributed by atoms with van der Waals surface area (Å²) in [4.78, 5) is 17.6. The van der Waals surface area contributed by atoms with Gasteiger partial charge < -0.3 is 15.0 Å². The number of nitrogens with one attached hydrogen (secondary N) is 2. The first kappa shape index (κ1) is 14.1. The SMILES string of the molecule is CCOC(=O)C1CNCCN1Cc1c[nH]c2ccccc12. The number of nitrogens with zero attached hydrogens (tertiary/aromatic N) is 1. The van der Waals surface area contributed by atoms with E-state index < -0.39 is 0 Å². The average molecular weight is 287 g/mol. The Morgan fingerprint density at radius 2 is 2.29 bits per heavy atom. The lowest BCUT2D eigenvalue weighted by atomic mass is 10.1. The number of fused-ring (bicyclic) bond motifs is 1. The van der Waals surface area contributed by atoms with Crippen molar-refractivity contribution in [1.82, 2.24) is 15.2 Å². The van der Waals surface area contributed by atoms with E-state index in [2.05, 4.69) is 27.3 Å². The molecule has 2 heterocycles. The first-order valence-corrected chi connectivity index (χ1v) is 7.46. The van der Waals surface area contributed by atoms with Gasteiger partial charge in [0.15, 0.2) is 0 Å². The van der Waals surface area contributed by atoms with Crippen molar-refractivity contribution in [2.24, 2.45) is 0 Å². The van der Waals surface area contributed by atoms with E-state index in [9.17, 15) is 4.79 Å². The molecule has 21 heavy (non-hydrogen) atoms. The molecule has 112 valence electrons. The number of esters is 1. The van der Waals surface area contributed by atoms with Crippen molar-refractivity contribution in [3.63, 3.8) is 0 Å². The van der Waals surface area contributed by atoms with E-state index in [1.807, 2.05) is 25.3 Å². The number of benzene rings is 1. The van der Waals surface area contributed by atoms with Gasteiger partial charge in [-0.2, -0.15) is 0 Å². The van der Waals surface area contributed by atoms with Gasteiger partial charge in [0.1, 0.15) is 6.04 Å². The van der Waals surface area contributed by atoms with Gasteiger partial charge in [0.2, 0.25) is 0 Å². The third kappa shape index (κ3) is 2.94. The van der Waals surface area contributed by atoms with Crippen LogP contribution in [0.25, 0.3) is 10.9 Å². The minimum Gasteiger partial charge on any atom is -0.465 e. The van der Waals surface area contributed by atoms with Crippen LogP contribution in [0.1, 0.15) is 12.5 Å². The summed E-state index contributed by atoms with van der Waals surface area (Å²) in [7, 11) is 0. The van der Waals surface area contributed by atoms with Gasteiger partial charge in [-0.3, -0.25) is 9.69 Å². The molecule has 5 heteroatoms. The Morgan fingerprint density at radius 1 is 1.43 bits per heavy atom. The molecule has 1 aromatic heterocycles. The number of hydrogen-bond donors (Lipinski definition) is 2. The summed E-state index contributed by atoms with van der Waals surface area (Å²) in [6.07, 6.45) is 2.04. The molecule has 1 saturated heterocycles. The Labute approximate surface area is 124 Å². The van der Waals surface area contributed by atoms with Crippen LogP contribution in [0.4, 0.5) is 0 Å². The summed E-state index contributed by atoms with van der Waals surface area (Å²) in [5.74, 6) is -0.135. The maximum Gasteiger partial charge on any atom is 0.324 e. The van der Waals surface area contributed by atoms with Gasteiger partial charge >= 0.3 is 5.97 Å². The number of rotatable bonds is 4. The number of ether oxygens (including phenoxy) is 1. The van der Waals surface area contributed by atoms with Crippen LogP contribution in [0.5, 0.6) is 0 Å². The number of hydrogen-bond acceptors (Lipinski definition) is 4. The maximum absolute atomic E-state index is 12.1. The molecule has 0 radical (unpaired) electrons. The first-order valence-electron chi connectivity index (χ1n) is 7.46. The molecule has 1 fully saturated rings. The van der Waals surface area contributed by atoms with E-state index in [0.29, 0.717) is 13.2 Å². The van der Waals surface area contributed by atoms with Crippen LogP contribution >= 0.6 is 0 Å². The molecule has 0 bridgehead atoms. The normalized spacial score (nSPS) is 19.8. The van der Waals surface area contributed by atoms with Crippen LogP contribution in [-0.4, -0.2) is 48.1 Å². The zero-order valence-electron chi connectivity index (χ0n) is 12.3. The quantitative estimate of drug-likeness (QED) is 0.837. The van der Waals surface area contributed by atoms with Crippen molar-refractivity contribution in [1.29, 1.82) is 0 Å². The fourth-order valence-corrected chi connectivity index (χ4v) is 2.89. The third-order valence-electron chi connectivity index (χ3n) is 3.96. The van der Waals surface area contributed by atoms with Crippen LogP contribution in [-0.2, 0) is 16.1 Å². The van der Waals surface area contributed by atoms with Crippen molar-refractivity contribution >= 4 is 16.9 Å². The summed E-state index contributed by atoms with van der Waals surface area (Å²) >= 11 is 0. The summed E-state index contributed by atoms with van der Waals surface area (Å²) in [5.41, 5.74) is 2.36. The topological polar surface area (TPSA) is 57.4 Å². The van der Waals surface area contributed by atoms with Gasteiger partial charge in [-0.25, -0.2) is 0 Å². The minimum atomic E-state index is -0.202. The smallest absolute Gasteiger partial charge is 0.324 e. The fourth-order valence-electron chi connectivity index (χ4n) is 2.89. The van der Waals surface area contributed by atoms with E-state index in [1.165, 1.54) is 10.9 Å². The largest absolute Gasteiger partial charge is 0.465 e. The molecule has 0 amide bonds. The lowest BCUT2D eigenvalue weighted by Crippen LogP contribution is -2.54. The second kappa shape index (κ2) is 6.28. The predicted octanol–water partition coefficient (Wildman–Crippen LogP) is 1.50. The van der Waals surface area contributed by atoms with Crippen molar-refractivity contribution in [3.8, 4) is 0 Å². The highest BCUT2D eigenvalue weighted by Crippen LogP contribution is 2.21. The van der Waals surface area contributed by atoms with Gasteiger partial charge in [-0.15, -0.1) is 0 Å². The molecule has 5 nitrogen and oxygen atoms in total. The number of carbonyl (C=O) groups is 1. The molecule has 1 aliphatic rings. The summed E-state index contributed by atoms with van der Waals surface area (Å²) < 4.78 is 5.19. The van der Waals surface area contributed by atoms with E-state index in [-0.39, 0.29) is 12.0 Å². The fraction of sp³-hybridized carbons (Fsp3) is 0.438. The highest BCUT2D eigenvalue weighted by atomic mass is 16.5. The molecule has 3 rings (SSSR count). The van der Waals surface area contributed by atoms with Crippen molar-refractivity contribution in [3.05, 3.63) is 36.0 Å². The van der Waals surface area contributed by atoms with E-state index >= 15 is 0 Å². The molecule has 0 spiro atoms. The molecule has 0 saturated carbocycles. The monoisotopic (exact) mass is 287 g/mol. The molecular weight excluding hydrogens is 266 g/mol. The molecule has 2 N–H and O–H groups in total. The number of aromatic amines is 1. The predicted molar refractivity (Wildman–Crippen MR) is 82.0 cm³/mol. The molecule has 2 aromatic rings. The van der Waals surface area contributed by atoms with Gasteiger partial charge in [0.25, 0.3) is 0 Å². The lowest BCUT2D eigenvalue weighted by molar-refractivity contribution is -0.150. The van der Waals surface area contributed by atoms with Crippen molar-refractivity contribution < 1.29 is 9.53 Å². The average Bonchev–Trinajstić information content (AvgIpc) is 2.91. The maximum atomic E-state index is 12.1. The van der Waals surface area contributed by atoms with Crippen LogP contribution in [0.3, 0.4) is 0 Å². The van der Waals surface area contributed by atoms with Gasteiger partial charge in [0.05, 0.1) is 6.61 Å². The molecule has 1 aliphatic heterocycles. The number of aromatic nitrogens is 1. The van der Waals surface area contributed by atoms with Gasteiger partial charge in [-0.05, 0) is 18.6 Å². The Morgan fingerprint density at radius 3 is 3.14 bits per heavy atom. The third-order valence-corrected chi connectivity index (χ3v) is 3.96. The zero-order valence-corrected chi connectivity index (χ0v) is 12.3. The number of H-pyrrole nitrogens is 1. The van der Waals surface area contributed by atoms with Crippen LogP contribution < -0.4 is 5.32 Å². The lowest BCUT2D eigenvalue weighted by Gasteiger charge is -2.34. The molecule has 1 aromatic carbocycles. The highest BCUT2D eigenvalue weighted by molar-refractivity contribution is 5.83. The minimum absolute atomic E-state index is 0.135. The number of carbonyl (C=O) groups excluding carboxylic acids is 1. The Bertz CT molecular complexity index is 623. The second-order valence-corrected chi connectivity index (χ2v) is 5.30. The first-order chi connectivity index (χ1) is 10.3. The van der Waals surface area contributed by atoms with E-state index in [4.69, 9.17) is 4.74 Å². The van der Waals surface area contributed by atoms with Gasteiger partial charge in [-0.1, -0.05) is 18.2 Å². The second-order valence-electron chi connectivity index (χ2n) is 5.30. The van der Waals surface area contributed by atoms with Crippen LogP contribution in [0.2, 0.25) is 0 Å². The van der Waals surface area contributed by atoms with Crippen molar-refractivity contribution in [2.75, 3.05) is 26.2 Å². The van der Waals surface area contributed by atoms with Crippen LogP contribution in [0, 0.1) is 0 Å². The Hall–Kier alpha value is -1.85. The Kier molecular flexibility index (Phi) is 4.22. The van der Waals surface area contributed by atoms with Crippen LogP contribution in [0.15, 0.2) is 30.5 Å². The summed E-state index contributed by atoms with van der Waals surface area (Å²) in [6, 6.07) is 8.05. The Balaban J connectivity index is 1.79. The highest BCUT2D eigenvalue weighted by Gasteiger charge is 2.30. The van der Waals surface area contributed by atoms with E-state index in [0.717, 1.165) is 25.2 Å². The van der Waals surface area contributed by atoms with Gasteiger partial charge in [0, 0.05) is 43.3 Å². The summed E-state index contributed by atoms with van der Waals surface area (Å²) in [5, 5.41) is 4.49. The molecule has 1 atom stereocenters. The van der Waals surface area contributed by atoms with Crippen molar-refractivity contribution in [2.45, 2.75) is 19.5 Å². The molecule has 0 aliphatic carbocycles. The number of piperazine rings is 1. The standard InChI is InChI=1S/C16H21N3O2/c1-2-21-16(20)15-10-17-7-8-19(15)11-12-9-18-14-6-4-3-5-13(12)14/h3-6,9,15,17-18H,2,7-8,10-11H2,1H3. The zero-order chi connectivity index (χ0) is 14.7.